The van der Waals surface area contributed by atoms with Crippen LogP contribution in [-0.4, -0.2) is 45.4 Å². The zero-order valence-electron chi connectivity index (χ0n) is 12.1. The summed E-state index contributed by atoms with van der Waals surface area (Å²) in [5.41, 5.74) is -0.372. The first kappa shape index (κ1) is 14.7. The molecule has 3 N–H and O–H groups in total. The lowest BCUT2D eigenvalue weighted by Gasteiger charge is -2.32. The number of fused-ring (bicyclic) bond motifs is 3. The summed E-state index contributed by atoms with van der Waals surface area (Å²) in [7, 11) is 0. The quantitative estimate of drug-likeness (QED) is 0.605. The third-order valence-corrected chi connectivity index (χ3v) is 4.70. The molecule has 0 unspecified atom stereocenters. The zero-order valence-corrected chi connectivity index (χ0v) is 12.1. The number of aliphatic hydroxyl groups is 3. The molecule has 116 valence electrons. The largest absolute Gasteiger partial charge is 0.423 e. The van der Waals surface area contributed by atoms with Gasteiger partial charge in [-0.25, -0.2) is 4.79 Å². The highest BCUT2D eigenvalue weighted by Crippen LogP contribution is 2.46. The van der Waals surface area contributed by atoms with Gasteiger partial charge in [-0.1, -0.05) is 6.92 Å². The lowest BCUT2D eigenvalue weighted by Crippen LogP contribution is -2.39. The van der Waals surface area contributed by atoms with Gasteiger partial charge in [-0.15, -0.1) is 0 Å². The van der Waals surface area contributed by atoms with Crippen LogP contribution in [0.4, 0.5) is 0 Å². The van der Waals surface area contributed by atoms with E-state index in [-0.39, 0.29) is 23.7 Å². The highest BCUT2D eigenvalue weighted by atomic mass is 16.6. The maximum Gasteiger partial charge on any atom is 0.342 e. The fraction of sp³-hybridized carbons (Fsp3) is 0.667. The minimum absolute atomic E-state index is 0.0781. The fourth-order valence-electron chi connectivity index (χ4n) is 3.39. The minimum Gasteiger partial charge on any atom is -0.423 e. The molecule has 1 fully saturated rings. The molecule has 0 aliphatic carbocycles. The van der Waals surface area contributed by atoms with Crippen molar-refractivity contribution in [3.05, 3.63) is 23.0 Å². The van der Waals surface area contributed by atoms with Crippen LogP contribution >= 0.6 is 0 Å². The van der Waals surface area contributed by atoms with Crippen molar-refractivity contribution in [1.82, 2.24) is 0 Å². The first-order valence-electron chi connectivity index (χ1n) is 7.18. The summed E-state index contributed by atoms with van der Waals surface area (Å²) < 4.78 is 11.0. The number of esters is 1. The molecule has 0 radical (unpaired) electrons. The zero-order chi connectivity index (χ0) is 15.4. The number of rotatable bonds is 1. The molecular formula is C15H20O6. The molecule has 0 saturated carbocycles. The van der Waals surface area contributed by atoms with Gasteiger partial charge in [0.15, 0.2) is 5.79 Å². The molecule has 0 aromatic heterocycles. The van der Waals surface area contributed by atoms with Gasteiger partial charge in [0.1, 0.15) is 5.76 Å². The summed E-state index contributed by atoms with van der Waals surface area (Å²) in [4.78, 5) is 11.8. The van der Waals surface area contributed by atoms with Crippen molar-refractivity contribution in [3.8, 4) is 0 Å². The molecule has 2 bridgehead atoms. The van der Waals surface area contributed by atoms with Crippen molar-refractivity contribution >= 4 is 5.97 Å². The third kappa shape index (κ3) is 2.23. The molecule has 1 saturated heterocycles. The van der Waals surface area contributed by atoms with Crippen molar-refractivity contribution in [2.75, 3.05) is 6.61 Å². The van der Waals surface area contributed by atoms with E-state index in [0.717, 1.165) is 0 Å². The van der Waals surface area contributed by atoms with Gasteiger partial charge in [-0.3, -0.25) is 0 Å². The van der Waals surface area contributed by atoms with Gasteiger partial charge in [-0.05, 0) is 25.8 Å². The monoisotopic (exact) mass is 296 g/mol. The second kappa shape index (κ2) is 4.64. The highest BCUT2D eigenvalue weighted by Gasteiger charge is 2.51. The Labute approximate surface area is 122 Å². The van der Waals surface area contributed by atoms with E-state index >= 15 is 0 Å². The Morgan fingerprint density at radius 3 is 2.81 bits per heavy atom. The van der Waals surface area contributed by atoms with E-state index < -0.39 is 30.1 Å². The van der Waals surface area contributed by atoms with E-state index in [4.69, 9.17) is 9.47 Å². The van der Waals surface area contributed by atoms with Crippen LogP contribution < -0.4 is 0 Å². The van der Waals surface area contributed by atoms with E-state index in [1.807, 2.05) is 6.92 Å². The Kier molecular flexibility index (Phi) is 3.25. The number of aliphatic hydroxyl groups excluding tert-OH is 2. The van der Waals surface area contributed by atoms with E-state index in [9.17, 15) is 20.1 Å². The second-order valence-electron chi connectivity index (χ2n) is 6.36. The molecule has 3 aliphatic heterocycles. The SMILES string of the molecule is C[C@@H]1C[C@H](O)C2=C(CO)C(=O)O/C2=C/[C@@]2(C)CC[C@]1(O)O2. The molecular weight excluding hydrogens is 276 g/mol. The van der Waals surface area contributed by atoms with Crippen LogP contribution in [-0.2, 0) is 14.3 Å². The number of carbonyl (C=O) groups excluding carboxylic acids is 1. The molecule has 6 nitrogen and oxygen atoms in total. The Bertz CT molecular complexity index is 550. The van der Waals surface area contributed by atoms with E-state index in [1.165, 1.54) is 0 Å². The van der Waals surface area contributed by atoms with Crippen LogP contribution in [0, 0.1) is 5.92 Å². The maximum atomic E-state index is 11.8. The average molecular weight is 296 g/mol. The van der Waals surface area contributed by atoms with Gasteiger partial charge in [0.05, 0.1) is 23.9 Å². The summed E-state index contributed by atoms with van der Waals surface area (Å²) in [5, 5.41) is 30.4. The number of hydrogen-bond donors (Lipinski definition) is 3. The molecule has 3 rings (SSSR count). The summed E-state index contributed by atoms with van der Waals surface area (Å²) in [6.45, 7) is 3.13. The van der Waals surface area contributed by atoms with Gasteiger partial charge in [-0.2, -0.15) is 0 Å². The topological polar surface area (TPSA) is 96.2 Å². The van der Waals surface area contributed by atoms with E-state index in [0.29, 0.717) is 18.4 Å². The van der Waals surface area contributed by atoms with Crippen LogP contribution in [0.3, 0.4) is 0 Å². The molecule has 3 aliphatic rings. The number of ether oxygens (including phenoxy) is 2. The van der Waals surface area contributed by atoms with Crippen molar-refractivity contribution in [2.45, 2.75) is 50.6 Å². The first-order valence-corrected chi connectivity index (χ1v) is 7.18. The highest BCUT2D eigenvalue weighted by molar-refractivity contribution is 5.95. The summed E-state index contributed by atoms with van der Waals surface area (Å²) in [6, 6.07) is 0. The molecule has 0 amide bonds. The molecule has 0 aromatic rings. The Hall–Kier alpha value is -1.21. The van der Waals surface area contributed by atoms with Crippen LogP contribution in [0.5, 0.6) is 0 Å². The van der Waals surface area contributed by atoms with Crippen molar-refractivity contribution in [3.63, 3.8) is 0 Å². The number of hydrogen-bond acceptors (Lipinski definition) is 6. The van der Waals surface area contributed by atoms with Gasteiger partial charge in [0.25, 0.3) is 0 Å². The molecule has 0 aromatic carbocycles. The van der Waals surface area contributed by atoms with Crippen molar-refractivity contribution in [2.24, 2.45) is 5.92 Å². The van der Waals surface area contributed by atoms with Crippen LogP contribution in [0.15, 0.2) is 23.0 Å². The maximum absolute atomic E-state index is 11.8. The fourth-order valence-corrected chi connectivity index (χ4v) is 3.39. The molecule has 21 heavy (non-hydrogen) atoms. The van der Waals surface area contributed by atoms with Crippen LogP contribution in [0.1, 0.15) is 33.1 Å². The predicted octanol–water partition coefficient (Wildman–Crippen LogP) is 0.374. The molecule has 6 heteroatoms. The summed E-state index contributed by atoms with van der Waals surface area (Å²) >= 11 is 0. The van der Waals surface area contributed by atoms with Gasteiger partial charge < -0.3 is 24.8 Å². The standard InChI is InChI=1S/C15H20O6/c1-8-5-10(17)12-9(7-16)13(18)20-11(12)6-14(2)3-4-15(8,19)21-14/h6,8,10,16-17,19H,3-5,7H2,1-2H3/b11-6+/t8-,10+,14-,15+/m1/s1. The van der Waals surface area contributed by atoms with Gasteiger partial charge >= 0.3 is 5.97 Å². The van der Waals surface area contributed by atoms with Crippen molar-refractivity contribution in [1.29, 1.82) is 0 Å². The minimum atomic E-state index is -1.30. The Morgan fingerprint density at radius 2 is 2.14 bits per heavy atom. The third-order valence-electron chi connectivity index (χ3n) is 4.70. The molecule has 3 heterocycles. The lowest BCUT2D eigenvalue weighted by atomic mass is 9.86. The smallest absolute Gasteiger partial charge is 0.342 e. The van der Waals surface area contributed by atoms with Crippen molar-refractivity contribution < 1.29 is 29.6 Å². The van der Waals surface area contributed by atoms with Crippen LogP contribution in [0.25, 0.3) is 0 Å². The second-order valence-corrected chi connectivity index (χ2v) is 6.36. The lowest BCUT2D eigenvalue weighted by molar-refractivity contribution is -0.238. The van der Waals surface area contributed by atoms with Crippen LogP contribution in [0.2, 0.25) is 0 Å². The number of carbonyl (C=O) groups is 1. The Morgan fingerprint density at radius 1 is 1.43 bits per heavy atom. The van der Waals surface area contributed by atoms with Gasteiger partial charge in [0.2, 0.25) is 0 Å². The van der Waals surface area contributed by atoms with Gasteiger partial charge in [0, 0.05) is 17.9 Å². The normalized spacial score (nSPS) is 45.4. The Balaban J connectivity index is 2.12. The van der Waals surface area contributed by atoms with E-state index in [2.05, 4.69) is 0 Å². The first-order chi connectivity index (χ1) is 9.78. The predicted molar refractivity (Wildman–Crippen MR) is 71.7 cm³/mol. The molecule has 0 spiro atoms. The summed E-state index contributed by atoms with van der Waals surface area (Å²) in [6.07, 6.45) is 1.91. The summed E-state index contributed by atoms with van der Waals surface area (Å²) in [5.74, 6) is -2.01. The van der Waals surface area contributed by atoms with E-state index in [1.54, 1.807) is 13.0 Å². The molecule has 4 atom stereocenters. The average Bonchev–Trinajstić information content (AvgIpc) is 2.87.